The van der Waals surface area contributed by atoms with Crippen LogP contribution in [-0.2, 0) is 10.0 Å². The predicted molar refractivity (Wildman–Crippen MR) is 87.0 cm³/mol. The third-order valence-electron chi connectivity index (χ3n) is 3.78. The minimum Gasteiger partial charge on any atom is -0.207 e. The van der Waals surface area contributed by atoms with E-state index in [1.54, 1.807) is 16.4 Å². The molecule has 0 bridgehead atoms. The van der Waals surface area contributed by atoms with Crippen LogP contribution in [0.2, 0.25) is 0 Å². The van der Waals surface area contributed by atoms with Crippen LogP contribution in [-0.4, -0.2) is 24.1 Å². The van der Waals surface area contributed by atoms with E-state index in [1.807, 2.05) is 49.4 Å². The largest absolute Gasteiger partial charge is 0.243 e. The molecule has 110 valence electrons. The van der Waals surface area contributed by atoms with E-state index in [0.29, 0.717) is 11.4 Å². The second kappa shape index (κ2) is 5.55. The number of nitrogens with zero attached hydrogens (tertiary/aromatic N) is 1. The van der Waals surface area contributed by atoms with Crippen molar-refractivity contribution in [2.24, 2.45) is 0 Å². The highest BCUT2D eigenvalue weighted by atomic mass is 79.9. The number of alkyl halides is 1. The van der Waals surface area contributed by atoms with Gasteiger partial charge in [0.1, 0.15) is 0 Å². The van der Waals surface area contributed by atoms with Crippen molar-refractivity contribution in [1.29, 1.82) is 0 Å². The number of aryl methyl sites for hydroxylation is 1. The van der Waals surface area contributed by atoms with Crippen LogP contribution in [0, 0.1) is 6.92 Å². The molecule has 3 nitrogen and oxygen atoms in total. The Morgan fingerprint density at radius 3 is 2.24 bits per heavy atom. The Morgan fingerprint density at radius 2 is 1.67 bits per heavy atom. The van der Waals surface area contributed by atoms with E-state index in [9.17, 15) is 8.42 Å². The molecule has 1 aliphatic rings. The lowest BCUT2D eigenvalue weighted by Gasteiger charge is -2.44. The van der Waals surface area contributed by atoms with Gasteiger partial charge in [0.15, 0.2) is 0 Å². The highest BCUT2D eigenvalue weighted by Crippen LogP contribution is 2.42. The van der Waals surface area contributed by atoms with Crippen molar-refractivity contribution < 1.29 is 8.42 Å². The summed E-state index contributed by atoms with van der Waals surface area (Å²) in [6, 6.07) is 16.6. The van der Waals surface area contributed by atoms with Gasteiger partial charge in [0.05, 0.1) is 10.9 Å². The zero-order valence-corrected chi connectivity index (χ0v) is 14.0. The van der Waals surface area contributed by atoms with Crippen LogP contribution in [0.15, 0.2) is 59.5 Å². The SMILES string of the molecule is Cc1ccc(S(=O)(=O)N2C[C@@H](Br)[C@@H]2c2ccccc2)cc1. The molecular weight excluding hydrogens is 350 g/mol. The maximum Gasteiger partial charge on any atom is 0.243 e. The van der Waals surface area contributed by atoms with Crippen LogP contribution in [0.3, 0.4) is 0 Å². The smallest absolute Gasteiger partial charge is 0.207 e. The quantitative estimate of drug-likeness (QED) is 0.780. The standard InChI is InChI=1S/C16H16BrNO2S/c1-12-7-9-14(10-8-12)21(19,20)18-11-15(17)16(18)13-5-3-2-4-6-13/h2-10,15-16H,11H2,1H3/t15-,16+/m1/s1. The van der Waals surface area contributed by atoms with Crippen molar-refractivity contribution in [3.05, 3.63) is 65.7 Å². The third-order valence-corrected chi connectivity index (χ3v) is 6.43. The third kappa shape index (κ3) is 2.65. The van der Waals surface area contributed by atoms with E-state index in [4.69, 9.17) is 0 Å². The maximum absolute atomic E-state index is 12.8. The first-order valence-electron chi connectivity index (χ1n) is 6.77. The van der Waals surface area contributed by atoms with Crippen LogP contribution in [0.5, 0.6) is 0 Å². The number of halogens is 1. The van der Waals surface area contributed by atoms with E-state index >= 15 is 0 Å². The van der Waals surface area contributed by atoms with Crippen molar-refractivity contribution in [2.75, 3.05) is 6.54 Å². The summed E-state index contributed by atoms with van der Waals surface area (Å²) in [7, 11) is -3.45. The van der Waals surface area contributed by atoms with Crippen molar-refractivity contribution in [2.45, 2.75) is 22.7 Å². The fourth-order valence-corrected chi connectivity index (χ4v) is 5.47. The Hall–Kier alpha value is -1.17. The van der Waals surface area contributed by atoms with Crippen LogP contribution in [0.25, 0.3) is 0 Å². The van der Waals surface area contributed by atoms with Gasteiger partial charge in [0.25, 0.3) is 0 Å². The van der Waals surface area contributed by atoms with Crippen LogP contribution >= 0.6 is 15.9 Å². The molecule has 2 aromatic rings. The summed E-state index contributed by atoms with van der Waals surface area (Å²) in [6.45, 7) is 2.44. The second-order valence-electron chi connectivity index (χ2n) is 5.26. The zero-order chi connectivity index (χ0) is 15.0. The molecule has 3 rings (SSSR count). The van der Waals surface area contributed by atoms with E-state index < -0.39 is 10.0 Å². The number of hydrogen-bond donors (Lipinski definition) is 0. The monoisotopic (exact) mass is 365 g/mol. The summed E-state index contributed by atoms with van der Waals surface area (Å²) in [5, 5.41) is 0. The van der Waals surface area contributed by atoms with Gasteiger partial charge in [0.2, 0.25) is 10.0 Å². The molecule has 1 aliphatic heterocycles. The molecular formula is C16H16BrNO2S. The molecule has 0 aliphatic carbocycles. The minimum atomic E-state index is -3.45. The summed E-state index contributed by atoms with van der Waals surface area (Å²) in [6.07, 6.45) is 0. The normalized spacial score (nSPS) is 22.8. The van der Waals surface area contributed by atoms with Gasteiger partial charge in [-0.2, -0.15) is 4.31 Å². The molecule has 5 heteroatoms. The first-order chi connectivity index (χ1) is 10.00. The van der Waals surface area contributed by atoms with Gasteiger partial charge < -0.3 is 0 Å². The molecule has 2 atom stereocenters. The number of hydrogen-bond acceptors (Lipinski definition) is 2. The molecule has 1 fully saturated rings. The highest BCUT2D eigenvalue weighted by molar-refractivity contribution is 9.09. The summed E-state index contributed by atoms with van der Waals surface area (Å²) in [4.78, 5) is 0.508. The Balaban J connectivity index is 1.94. The summed E-state index contributed by atoms with van der Waals surface area (Å²) >= 11 is 3.57. The Labute approximate surface area is 133 Å². The van der Waals surface area contributed by atoms with E-state index in [1.165, 1.54) is 0 Å². The van der Waals surface area contributed by atoms with Gasteiger partial charge in [0, 0.05) is 11.4 Å². The molecule has 0 radical (unpaired) electrons. The molecule has 0 N–H and O–H groups in total. The average molecular weight is 366 g/mol. The number of sulfonamides is 1. The molecule has 1 heterocycles. The lowest BCUT2D eigenvalue weighted by Crippen LogP contribution is -2.53. The van der Waals surface area contributed by atoms with Gasteiger partial charge in [-0.05, 0) is 24.6 Å². The molecule has 0 saturated carbocycles. The molecule has 0 aromatic heterocycles. The summed E-state index contributed by atoms with van der Waals surface area (Å²) < 4.78 is 27.1. The fraction of sp³-hybridized carbons (Fsp3) is 0.250. The van der Waals surface area contributed by atoms with E-state index in [0.717, 1.165) is 11.1 Å². The molecule has 21 heavy (non-hydrogen) atoms. The second-order valence-corrected chi connectivity index (χ2v) is 8.33. The topological polar surface area (TPSA) is 37.4 Å². The van der Waals surface area contributed by atoms with Crippen LogP contribution in [0.4, 0.5) is 0 Å². The van der Waals surface area contributed by atoms with Crippen molar-refractivity contribution >= 4 is 26.0 Å². The van der Waals surface area contributed by atoms with E-state index in [-0.39, 0.29) is 10.9 Å². The first kappa shape index (κ1) is 14.8. The molecule has 2 aromatic carbocycles. The van der Waals surface area contributed by atoms with E-state index in [2.05, 4.69) is 15.9 Å². The lowest BCUT2D eigenvalue weighted by molar-refractivity contribution is 0.218. The summed E-state index contributed by atoms with van der Waals surface area (Å²) in [5.74, 6) is 0. The Kier molecular flexibility index (Phi) is 3.90. The predicted octanol–water partition coefficient (Wildman–Crippen LogP) is 3.50. The van der Waals surface area contributed by atoms with Crippen molar-refractivity contribution in [3.8, 4) is 0 Å². The number of rotatable bonds is 3. The zero-order valence-electron chi connectivity index (χ0n) is 11.6. The molecule has 1 saturated heterocycles. The summed E-state index contributed by atoms with van der Waals surface area (Å²) in [5.41, 5.74) is 2.07. The van der Waals surface area contributed by atoms with Crippen LogP contribution in [0.1, 0.15) is 17.2 Å². The molecule has 0 amide bonds. The van der Waals surface area contributed by atoms with Crippen molar-refractivity contribution in [3.63, 3.8) is 0 Å². The minimum absolute atomic E-state index is 0.141. The van der Waals surface area contributed by atoms with Gasteiger partial charge in [-0.3, -0.25) is 0 Å². The Bertz CT molecular complexity index is 729. The van der Waals surface area contributed by atoms with Gasteiger partial charge in [-0.25, -0.2) is 8.42 Å². The average Bonchev–Trinajstić information content (AvgIpc) is 2.46. The maximum atomic E-state index is 12.8. The van der Waals surface area contributed by atoms with Gasteiger partial charge in [-0.1, -0.05) is 64.0 Å². The van der Waals surface area contributed by atoms with Crippen LogP contribution < -0.4 is 0 Å². The van der Waals surface area contributed by atoms with Gasteiger partial charge >= 0.3 is 0 Å². The van der Waals surface area contributed by atoms with Crippen molar-refractivity contribution in [1.82, 2.24) is 4.31 Å². The lowest BCUT2D eigenvalue weighted by atomic mass is 9.98. The highest BCUT2D eigenvalue weighted by Gasteiger charge is 2.45. The van der Waals surface area contributed by atoms with Gasteiger partial charge in [-0.15, -0.1) is 0 Å². The molecule has 0 unspecified atom stereocenters. The first-order valence-corrected chi connectivity index (χ1v) is 9.13. The fourth-order valence-electron chi connectivity index (χ4n) is 2.55. The Morgan fingerprint density at radius 1 is 1.05 bits per heavy atom. The molecule has 0 spiro atoms. The number of benzene rings is 2.